The van der Waals surface area contributed by atoms with Crippen LogP contribution in [0.2, 0.25) is 0 Å². The summed E-state index contributed by atoms with van der Waals surface area (Å²) in [5.41, 5.74) is -0.407. The highest BCUT2D eigenvalue weighted by Gasteiger charge is 2.27. The molecule has 1 heterocycles. The molecule has 1 aromatic rings. The number of rotatable bonds is 6. The minimum atomic E-state index is -0.805. The standard InChI is InChI=1S/C17H24BrN3O4/c1-10(2)14(21-16(24)25-17(3,4)5)15(23)20-9-13(22)12-7-6-11(18)8-19-12/h6-8,10,14H,9H2,1-5H3,(H,20,23)(H,21,24). The van der Waals surface area contributed by atoms with Crippen LogP contribution in [0, 0.1) is 5.92 Å². The van der Waals surface area contributed by atoms with Crippen molar-refractivity contribution >= 4 is 33.7 Å². The van der Waals surface area contributed by atoms with Crippen LogP contribution in [0.25, 0.3) is 0 Å². The van der Waals surface area contributed by atoms with Crippen LogP contribution in [0.15, 0.2) is 22.8 Å². The number of ketones is 1. The zero-order chi connectivity index (χ0) is 19.2. The highest BCUT2D eigenvalue weighted by molar-refractivity contribution is 9.10. The van der Waals surface area contributed by atoms with E-state index in [1.54, 1.807) is 46.8 Å². The van der Waals surface area contributed by atoms with Crippen molar-refractivity contribution in [1.82, 2.24) is 15.6 Å². The lowest BCUT2D eigenvalue weighted by atomic mass is 10.0. The van der Waals surface area contributed by atoms with Crippen LogP contribution in [-0.4, -0.2) is 41.0 Å². The number of nitrogens with one attached hydrogen (secondary N) is 2. The summed E-state index contributed by atoms with van der Waals surface area (Å²) < 4.78 is 5.92. The highest BCUT2D eigenvalue weighted by atomic mass is 79.9. The lowest BCUT2D eigenvalue weighted by Gasteiger charge is -2.25. The van der Waals surface area contributed by atoms with Gasteiger partial charge < -0.3 is 15.4 Å². The first-order chi connectivity index (χ1) is 11.5. The summed E-state index contributed by atoms with van der Waals surface area (Å²) in [5.74, 6) is -0.944. The van der Waals surface area contributed by atoms with Crippen LogP contribution in [0.4, 0.5) is 4.79 Å². The lowest BCUT2D eigenvalue weighted by Crippen LogP contribution is -2.51. The van der Waals surface area contributed by atoms with E-state index < -0.39 is 23.6 Å². The molecule has 0 saturated heterocycles. The van der Waals surface area contributed by atoms with Crippen LogP contribution in [-0.2, 0) is 9.53 Å². The maximum atomic E-state index is 12.3. The van der Waals surface area contributed by atoms with Gasteiger partial charge in [0, 0.05) is 10.7 Å². The fraction of sp³-hybridized carbons (Fsp3) is 0.529. The molecule has 0 saturated carbocycles. The first-order valence-corrected chi connectivity index (χ1v) is 8.71. The molecule has 1 rings (SSSR count). The Balaban J connectivity index is 2.63. The molecule has 0 aliphatic heterocycles. The summed E-state index contributed by atoms with van der Waals surface area (Å²) in [6.07, 6.45) is 0.831. The Kier molecular flexibility index (Phi) is 7.54. The van der Waals surface area contributed by atoms with Gasteiger partial charge in [-0.05, 0) is 54.8 Å². The third-order valence-electron chi connectivity index (χ3n) is 3.06. The first kappa shape index (κ1) is 21.1. The van der Waals surface area contributed by atoms with Crippen molar-refractivity contribution in [2.24, 2.45) is 5.92 Å². The van der Waals surface area contributed by atoms with Crippen LogP contribution >= 0.6 is 15.9 Å². The number of carbonyl (C=O) groups excluding carboxylic acids is 3. The molecule has 1 unspecified atom stereocenters. The SMILES string of the molecule is CC(C)C(NC(=O)OC(C)(C)C)C(=O)NCC(=O)c1ccc(Br)cn1. The minimum absolute atomic E-state index is 0.173. The number of alkyl carbamates (subject to hydrolysis) is 1. The maximum Gasteiger partial charge on any atom is 0.408 e. The van der Waals surface area contributed by atoms with Crippen molar-refractivity contribution in [2.75, 3.05) is 6.54 Å². The van der Waals surface area contributed by atoms with Gasteiger partial charge in [0.25, 0.3) is 0 Å². The second-order valence-electron chi connectivity index (χ2n) is 6.87. The first-order valence-electron chi connectivity index (χ1n) is 7.91. The monoisotopic (exact) mass is 413 g/mol. The van der Waals surface area contributed by atoms with Crippen molar-refractivity contribution in [3.05, 3.63) is 28.5 Å². The molecule has 8 heteroatoms. The quantitative estimate of drug-likeness (QED) is 0.698. The Labute approximate surface area is 156 Å². The number of hydrogen-bond acceptors (Lipinski definition) is 5. The molecule has 2 N–H and O–H groups in total. The summed E-state index contributed by atoms with van der Waals surface area (Å²) in [7, 11) is 0. The Bertz CT molecular complexity index is 624. The molecule has 138 valence electrons. The van der Waals surface area contributed by atoms with E-state index in [1.165, 1.54) is 6.20 Å². The number of nitrogens with zero attached hydrogens (tertiary/aromatic N) is 1. The number of aromatic nitrogens is 1. The fourth-order valence-electron chi connectivity index (χ4n) is 1.88. The van der Waals surface area contributed by atoms with Gasteiger partial charge in [-0.1, -0.05) is 13.8 Å². The van der Waals surface area contributed by atoms with Gasteiger partial charge in [-0.25, -0.2) is 4.79 Å². The van der Waals surface area contributed by atoms with Crippen molar-refractivity contribution in [3.8, 4) is 0 Å². The molecule has 7 nitrogen and oxygen atoms in total. The number of amides is 2. The van der Waals surface area contributed by atoms with E-state index in [2.05, 4.69) is 31.5 Å². The Morgan fingerprint density at radius 3 is 2.36 bits per heavy atom. The van der Waals surface area contributed by atoms with Gasteiger partial charge in [-0.15, -0.1) is 0 Å². The third kappa shape index (κ3) is 7.64. The molecule has 1 aromatic heterocycles. The maximum absolute atomic E-state index is 12.3. The second-order valence-corrected chi connectivity index (χ2v) is 7.79. The number of ether oxygens (including phenoxy) is 1. The molecule has 0 aromatic carbocycles. The van der Waals surface area contributed by atoms with Crippen LogP contribution in [0.1, 0.15) is 45.1 Å². The molecule has 0 aliphatic carbocycles. The smallest absolute Gasteiger partial charge is 0.408 e. The molecule has 0 spiro atoms. The van der Waals surface area contributed by atoms with E-state index in [0.29, 0.717) is 0 Å². The topological polar surface area (TPSA) is 97.4 Å². The molecule has 0 bridgehead atoms. The van der Waals surface area contributed by atoms with Gasteiger partial charge >= 0.3 is 6.09 Å². The van der Waals surface area contributed by atoms with Gasteiger partial charge in [0.05, 0.1) is 6.54 Å². The Morgan fingerprint density at radius 1 is 1.24 bits per heavy atom. The number of halogens is 1. The molecular weight excluding hydrogens is 390 g/mol. The van der Waals surface area contributed by atoms with Gasteiger partial charge in [0.15, 0.2) is 5.78 Å². The molecule has 1 atom stereocenters. The Morgan fingerprint density at radius 2 is 1.88 bits per heavy atom. The number of carbonyl (C=O) groups is 3. The summed E-state index contributed by atoms with van der Waals surface area (Å²) >= 11 is 3.24. The summed E-state index contributed by atoms with van der Waals surface area (Å²) in [5, 5.41) is 5.07. The van der Waals surface area contributed by atoms with E-state index in [9.17, 15) is 14.4 Å². The molecule has 25 heavy (non-hydrogen) atoms. The van der Waals surface area contributed by atoms with E-state index in [-0.39, 0.29) is 23.9 Å². The van der Waals surface area contributed by atoms with Gasteiger partial charge in [0.1, 0.15) is 17.3 Å². The van der Waals surface area contributed by atoms with Crippen molar-refractivity contribution in [2.45, 2.75) is 46.3 Å². The predicted octanol–water partition coefficient (Wildman–Crippen LogP) is 2.69. The third-order valence-corrected chi connectivity index (χ3v) is 3.53. The average Bonchev–Trinajstić information content (AvgIpc) is 2.48. The molecular formula is C17H24BrN3O4. The second kappa shape index (κ2) is 8.94. The van der Waals surface area contributed by atoms with E-state index in [4.69, 9.17) is 4.74 Å². The number of Topliss-reactive ketones (excluding diaryl/α,β-unsaturated/α-hetero) is 1. The fourth-order valence-corrected chi connectivity index (χ4v) is 2.11. The molecule has 0 fully saturated rings. The summed E-state index contributed by atoms with van der Waals surface area (Å²) in [6, 6.07) is 2.46. The minimum Gasteiger partial charge on any atom is -0.444 e. The van der Waals surface area contributed by atoms with Crippen molar-refractivity contribution in [1.29, 1.82) is 0 Å². The van der Waals surface area contributed by atoms with Gasteiger partial charge in [0.2, 0.25) is 5.91 Å². The average molecular weight is 414 g/mol. The van der Waals surface area contributed by atoms with Gasteiger partial charge in [-0.3, -0.25) is 14.6 Å². The lowest BCUT2D eigenvalue weighted by molar-refractivity contribution is -0.124. The zero-order valence-corrected chi connectivity index (χ0v) is 16.6. The van der Waals surface area contributed by atoms with E-state index >= 15 is 0 Å². The Hall–Kier alpha value is -1.96. The molecule has 0 radical (unpaired) electrons. The summed E-state index contributed by atoms with van der Waals surface area (Å²) in [6.45, 7) is 8.59. The predicted molar refractivity (Wildman–Crippen MR) is 97.3 cm³/mol. The molecule has 0 aliphatic rings. The van der Waals surface area contributed by atoms with Crippen LogP contribution < -0.4 is 10.6 Å². The molecule has 2 amide bonds. The largest absolute Gasteiger partial charge is 0.444 e. The summed E-state index contributed by atoms with van der Waals surface area (Å²) in [4.78, 5) is 40.2. The highest BCUT2D eigenvalue weighted by Crippen LogP contribution is 2.09. The zero-order valence-electron chi connectivity index (χ0n) is 15.1. The van der Waals surface area contributed by atoms with E-state index in [1.807, 2.05) is 0 Å². The van der Waals surface area contributed by atoms with Gasteiger partial charge in [-0.2, -0.15) is 0 Å². The number of hydrogen-bond donors (Lipinski definition) is 2. The number of pyridine rings is 1. The van der Waals surface area contributed by atoms with Crippen LogP contribution in [0.5, 0.6) is 0 Å². The van der Waals surface area contributed by atoms with Crippen molar-refractivity contribution in [3.63, 3.8) is 0 Å². The normalized spacial score (nSPS) is 12.4. The van der Waals surface area contributed by atoms with Crippen molar-refractivity contribution < 1.29 is 19.1 Å². The van der Waals surface area contributed by atoms with Crippen LogP contribution in [0.3, 0.4) is 0 Å². The van der Waals surface area contributed by atoms with E-state index in [0.717, 1.165) is 4.47 Å².